The predicted molar refractivity (Wildman–Crippen MR) is 172 cm³/mol. The molecule has 4 atom stereocenters. The first kappa shape index (κ1) is 33.6. The normalized spacial score (nSPS) is 20.2. The van der Waals surface area contributed by atoms with Gasteiger partial charge in [0.15, 0.2) is 0 Å². The highest BCUT2D eigenvalue weighted by Gasteiger charge is 2.31. The Balaban J connectivity index is 1.63. The number of aliphatic hydroxyl groups excluding tert-OH is 1. The summed E-state index contributed by atoms with van der Waals surface area (Å²) < 4.78 is 12.6. The molecule has 2 heterocycles. The number of nitrogens with zero attached hydrogens (tertiary/aromatic N) is 3. The van der Waals surface area contributed by atoms with Crippen LogP contribution in [0, 0.1) is 5.92 Å². The van der Waals surface area contributed by atoms with Crippen LogP contribution < -0.4 is 10.1 Å². The fourth-order valence-electron chi connectivity index (χ4n) is 5.32. The van der Waals surface area contributed by atoms with Crippen molar-refractivity contribution >= 4 is 23.4 Å². The number of likely N-dealkylation sites (N-methyl/N-ethyl adjacent to an activating group) is 1. The summed E-state index contributed by atoms with van der Waals surface area (Å²) in [6.07, 6.45) is 4.97. The van der Waals surface area contributed by atoms with Crippen LogP contribution in [0.4, 0.5) is 5.69 Å². The lowest BCUT2D eigenvalue weighted by Crippen LogP contribution is -2.48. The van der Waals surface area contributed by atoms with Crippen molar-refractivity contribution in [2.45, 2.75) is 58.3 Å². The summed E-state index contributed by atoms with van der Waals surface area (Å²) in [5.41, 5.74) is 1.75. The van der Waals surface area contributed by atoms with E-state index in [-0.39, 0.29) is 54.6 Å². The highest BCUT2D eigenvalue weighted by Crippen LogP contribution is 2.29. The number of fused-ring (bicyclic) bond motifs is 1. The van der Waals surface area contributed by atoms with Crippen LogP contribution in [-0.2, 0) is 4.74 Å². The zero-order valence-corrected chi connectivity index (χ0v) is 26.5. The van der Waals surface area contributed by atoms with E-state index in [2.05, 4.69) is 10.3 Å². The maximum atomic E-state index is 14.3. The zero-order chi connectivity index (χ0) is 32.3. The van der Waals surface area contributed by atoms with Crippen LogP contribution in [0.15, 0.2) is 73.1 Å². The van der Waals surface area contributed by atoms with Crippen LogP contribution in [0.3, 0.4) is 0 Å². The largest absolute Gasteiger partial charge is 0.490 e. The number of amides is 3. The molecule has 1 aromatic heterocycles. The molecular formula is C35H44N4O6. The molecule has 4 rings (SSSR count). The van der Waals surface area contributed by atoms with Gasteiger partial charge in [0.1, 0.15) is 5.75 Å². The second kappa shape index (κ2) is 16.2. The molecule has 0 unspecified atom stereocenters. The van der Waals surface area contributed by atoms with Crippen molar-refractivity contribution in [2.75, 3.05) is 38.7 Å². The molecule has 2 N–H and O–H groups in total. The highest BCUT2D eigenvalue weighted by molar-refractivity contribution is 6.05. The quantitative estimate of drug-likeness (QED) is 0.387. The molecule has 1 aliphatic heterocycles. The van der Waals surface area contributed by atoms with E-state index in [1.807, 2.05) is 32.0 Å². The third-order valence-corrected chi connectivity index (χ3v) is 8.07. The molecule has 45 heavy (non-hydrogen) atoms. The minimum absolute atomic E-state index is 0.108. The Morgan fingerprint density at radius 2 is 1.80 bits per heavy atom. The van der Waals surface area contributed by atoms with Crippen molar-refractivity contribution in [2.24, 2.45) is 5.92 Å². The number of pyridine rings is 1. The number of rotatable bonds is 7. The number of anilines is 1. The van der Waals surface area contributed by atoms with Crippen LogP contribution in [-0.4, -0.2) is 89.2 Å². The third-order valence-electron chi connectivity index (χ3n) is 8.07. The van der Waals surface area contributed by atoms with Gasteiger partial charge in [-0.25, -0.2) is 0 Å². The molecule has 10 heteroatoms. The summed E-state index contributed by atoms with van der Waals surface area (Å²) in [5, 5.41) is 13.1. The van der Waals surface area contributed by atoms with Gasteiger partial charge in [-0.1, -0.05) is 25.1 Å². The molecule has 3 aromatic rings. The van der Waals surface area contributed by atoms with Crippen molar-refractivity contribution in [3.63, 3.8) is 0 Å². The maximum absolute atomic E-state index is 14.3. The fourth-order valence-corrected chi connectivity index (χ4v) is 5.32. The molecule has 0 bridgehead atoms. The van der Waals surface area contributed by atoms with E-state index < -0.39 is 6.04 Å². The van der Waals surface area contributed by atoms with Crippen LogP contribution in [0.1, 0.15) is 71.1 Å². The number of hydrogen-bond acceptors (Lipinski definition) is 7. The number of nitrogens with one attached hydrogen (secondary N) is 1. The van der Waals surface area contributed by atoms with Crippen molar-refractivity contribution < 1.29 is 29.0 Å². The predicted octanol–water partition coefficient (Wildman–Crippen LogP) is 4.90. The Labute approximate surface area is 265 Å². The van der Waals surface area contributed by atoms with Gasteiger partial charge in [0.05, 0.1) is 30.4 Å². The van der Waals surface area contributed by atoms with Gasteiger partial charge >= 0.3 is 0 Å². The lowest BCUT2D eigenvalue weighted by Gasteiger charge is -2.36. The van der Waals surface area contributed by atoms with Crippen molar-refractivity contribution in [1.29, 1.82) is 0 Å². The number of ether oxygens (including phenoxy) is 2. The average molecular weight is 617 g/mol. The topological polar surface area (TPSA) is 121 Å². The number of aliphatic hydroxyl groups is 1. The van der Waals surface area contributed by atoms with Gasteiger partial charge in [-0.15, -0.1) is 0 Å². The molecule has 2 aromatic carbocycles. The monoisotopic (exact) mass is 616 g/mol. The van der Waals surface area contributed by atoms with E-state index in [1.165, 1.54) is 0 Å². The molecule has 0 saturated carbocycles. The Morgan fingerprint density at radius 1 is 1.07 bits per heavy atom. The molecule has 3 amide bonds. The highest BCUT2D eigenvalue weighted by atomic mass is 16.5. The van der Waals surface area contributed by atoms with E-state index in [4.69, 9.17) is 9.47 Å². The number of aromatic nitrogens is 1. The summed E-state index contributed by atoms with van der Waals surface area (Å²) in [4.78, 5) is 47.6. The van der Waals surface area contributed by atoms with Gasteiger partial charge in [0.25, 0.3) is 17.7 Å². The first-order valence-electron chi connectivity index (χ1n) is 15.5. The van der Waals surface area contributed by atoms with Gasteiger partial charge in [0, 0.05) is 61.9 Å². The standard InChI is InChI=1S/C35H44N4O6/c1-24-21-39(25(2)23-40)35(43)30-20-29(37-33(41)27-15-17-36-18-16-27)13-14-31(30)45-26(3)10-8-9-19-44-32(24)22-38(4)34(42)28-11-6-5-7-12-28/h5-7,11-18,20,24-26,32,40H,8-10,19,21-23H2,1-4H3,(H,37,41)/t24-,25-,26+,32+/m1/s1. The SMILES string of the molecule is C[C@@H]1CN([C@H](C)CO)C(=O)c2cc(NC(=O)c3ccncc3)ccc2O[C@@H](C)CCCCO[C@H]1CN(C)C(=O)c1ccccc1. The van der Waals surface area contributed by atoms with Gasteiger partial charge in [-0.2, -0.15) is 0 Å². The van der Waals surface area contributed by atoms with Crippen molar-refractivity contribution in [3.05, 3.63) is 89.7 Å². The molecule has 10 nitrogen and oxygen atoms in total. The number of carbonyl (C=O) groups excluding carboxylic acids is 3. The third kappa shape index (κ3) is 9.12. The van der Waals surface area contributed by atoms with Crippen molar-refractivity contribution in [1.82, 2.24) is 14.8 Å². The van der Waals surface area contributed by atoms with Gasteiger partial charge in [-0.05, 0) is 75.6 Å². The van der Waals surface area contributed by atoms with Crippen LogP contribution in [0.5, 0.6) is 5.75 Å². The lowest BCUT2D eigenvalue weighted by atomic mass is 10.0. The second-order valence-electron chi connectivity index (χ2n) is 11.8. The Morgan fingerprint density at radius 3 is 2.51 bits per heavy atom. The van der Waals surface area contributed by atoms with E-state index in [0.29, 0.717) is 35.7 Å². The van der Waals surface area contributed by atoms with Gasteiger partial charge in [-0.3, -0.25) is 19.4 Å². The Hall–Kier alpha value is -4.28. The van der Waals surface area contributed by atoms with Crippen LogP contribution in [0.2, 0.25) is 0 Å². The molecule has 0 spiro atoms. The molecule has 1 aliphatic rings. The maximum Gasteiger partial charge on any atom is 0.258 e. The summed E-state index contributed by atoms with van der Waals surface area (Å²) in [6, 6.07) is 16.9. The Bertz CT molecular complexity index is 1420. The van der Waals surface area contributed by atoms with Gasteiger partial charge < -0.3 is 29.7 Å². The molecule has 0 fully saturated rings. The summed E-state index contributed by atoms with van der Waals surface area (Å²) in [6.45, 7) is 6.60. The molecule has 0 aliphatic carbocycles. The zero-order valence-electron chi connectivity index (χ0n) is 26.5. The van der Waals surface area contributed by atoms with Crippen LogP contribution >= 0.6 is 0 Å². The average Bonchev–Trinajstić information content (AvgIpc) is 3.06. The van der Waals surface area contributed by atoms with E-state index >= 15 is 0 Å². The lowest BCUT2D eigenvalue weighted by molar-refractivity contribution is -0.0149. The molecule has 0 saturated heterocycles. The van der Waals surface area contributed by atoms with Crippen molar-refractivity contribution in [3.8, 4) is 5.75 Å². The Kier molecular flexibility index (Phi) is 12.1. The van der Waals surface area contributed by atoms with Crippen LogP contribution in [0.25, 0.3) is 0 Å². The summed E-state index contributed by atoms with van der Waals surface area (Å²) >= 11 is 0. The number of benzene rings is 2. The fraction of sp³-hybridized carbons (Fsp3) is 0.429. The first-order valence-corrected chi connectivity index (χ1v) is 15.5. The van der Waals surface area contributed by atoms with E-state index in [1.54, 1.807) is 78.6 Å². The summed E-state index contributed by atoms with van der Waals surface area (Å²) in [5.74, 6) is -0.549. The smallest absolute Gasteiger partial charge is 0.258 e. The minimum atomic E-state index is -0.516. The van der Waals surface area contributed by atoms with E-state index in [0.717, 1.165) is 19.3 Å². The molecular weight excluding hydrogens is 572 g/mol. The van der Waals surface area contributed by atoms with E-state index in [9.17, 15) is 19.5 Å². The number of carbonyl (C=O) groups is 3. The molecule has 240 valence electrons. The second-order valence-corrected chi connectivity index (χ2v) is 11.8. The minimum Gasteiger partial charge on any atom is -0.490 e. The first-order chi connectivity index (χ1) is 21.7. The van der Waals surface area contributed by atoms with Gasteiger partial charge in [0.2, 0.25) is 0 Å². The summed E-state index contributed by atoms with van der Waals surface area (Å²) in [7, 11) is 1.76. The molecule has 0 radical (unpaired) electrons. The number of hydrogen-bond donors (Lipinski definition) is 2.